The van der Waals surface area contributed by atoms with Crippen LogP contribution in [0.25, 0.3) is 0 Å². The molecule has 0 amide bonds. The highest BCUT2D eigenvalue weighted by Gasteiger charge is 2.26. The lowest BCUT2D eigenvalue weighted by molar-refractivity contribution is -0.385. The van der Waals surface area contributed by atoms with E-state index in [0.29, 0.717) is 10.0 Å². The predicted molar refractivity (Wildman–Crippen MR) is 66.1 cm³/mol. The third-order valence-corrected chi connectivity index (χ3v) is 4.50. The van der Waals surface area contributed by atoms with Crippen LogP contribution in [0.1, 0.15) is 5.56 Å². The number of hydrogen-bond donors (Lipinski definition) is 0. The zero-order valence-electron chi connectivity index (χ0n) is 9.25. The van der Waals surface area contributed by atoms with Crippen molar-refractivity contribution in [3.05, 3.63) is 38.3 Å². The number of nitrogens with zero attached hydrogens (tertiary/aromatic N) is 1. The molecule has 0 unspecified atom stereocenters. The maximum atomic E-state index is 11.9. The highest BCUT2D eigenvalue weighted by atomic mass is 79.9. The fourth-order valence-corrected chi connectivity index (χ4v) is 2.69. The fourth-order valence-electron chi connectivity index (χ4n) is 1.25. The van der Waals surface area contributed by atoms with Crippen molar-refractivity contribution in [2.45, 2.75) is 6.16 Å². The van der Waals surface area contributed by atoms with Gasteiger partial charge in [0.05, 0.1) is 11.1 Å². The van der Waals surface area contributed by atoms with Gasteiger partial charge in [0.2, 0.25) is 0 Å². The van der Waals surface area contributed by atoms with Crippen molar-refractivity contribution in [1.82, 2.24) is 0 Å². The van der Waals surface area contributed by atoms with Crippen LogP contribution in [-0.2, 0) is 19.8 Å². The molecule has 0 aromatic heterocycles. The van der Waals surface area contributed by atoms with Crippen LogP contribution in [0.2, 0.25) is 0 Å². The first-order chi connectivity index (χ1) is 7.91. The fraction of sp³-hybridized carbons (Fsp3) is 0.333. The van der Waals surface area contributed by atoms with Crippen molar-refractivity contribution in [2.24, 2.45) is 0 Å². The average Bonchev–Trinajstić information content (AvgIpc) is 2.31. The number of nitro benzene ring substituents is 1. The second-order valence-corrected chi connectivity index (χ2v) is 6.35. The zero-order chi connectivity index (χ0) is 13.1. The summed E-state index contributed by atoms with van der Waals surface area (Å²) in [5.41, 5.74) is 0.193. The quantitative estimate of drug-likeness (QED) is 0.471. The minimum atomic E-state index is -3.30. The molecule has 0 fully saturated rings. The molecule has 0 spiro atoms. The molecule has 6 nitrogen and oxygen atoms in total. The highest BCUT2D eigenvalue weighted by molar-refractivity contribution is 9.10. The van der Waals surface area contributed by atoms with Crippen LogP contribution in [0.3, 0.4) is 0 Å². The minimum Gasteiger partial charge on any atom is -0.312 e. The van der Waals surface area contributed by atoms with Gasteiger partial charge in [0, 0.05) is 30.3 Å². The molecule has 0 aliphatic carbocycles. The van der Waals surface area contributed by atoms with Crippen LogP contribution in [0, 0.1) is 10.1 Å². The van der Waals surface area contributed by atoms with E-state index in [-0.39, 0.29) is 11.8 Å². The van der Waals surface area contributed by atoms with Gasteiger partial charge in [0.1, 0.15) is 0 Å². The van der Waals surface area contributed by atoms with E-state index in [1.165, 1.54) is 26.4 Å². The molecule has 0 aliphatic heterocycles. The Morgan fingerprint density at radius 3 is 2.47 bits per heavy atom. The summed E-state index contributed by atoms with van der Waals surface area (Å²) in [4.78, 5) is 10.3. The SMILES string of the molecule is COP(=O)(Cc1ccc(Br)cc1[N+](=O)[O-])OC. The van der Waals surface area contributed by atoms with Crippen molar-refractivity contribution in [3.8, 4) is 0 Å². The Hall–Kier alpha value is -0.750. The van der Waals surface area contributed by atoms with Crippen LogP contribution in [0.4, 0.5) is 5.69 Å². The Bertz CT molecular complexity index is 470. The van der Waals surface area contributed by atoms with Crippen molar-refractivity contribution in [3.63, 3.8) is 0 Å². The lowest BCUT2D eigenvalue weighted by atomic mass is 10.2. The third-order valence-electron chi connectivity index (χ3n) is 2.16. The monoisotopic (exact) mass is 323 g/mol. The lowest BCUT2D eigenvalue weighted by Gasteiger charge is -2.13. The Labute approximate surface area is 107 Å². The number of halogens is 1. The molecule has 0 aliphatic rings. The molecule has 8 heteroatoms. The van der Waals surface area contributed by atoms with Crippen LogP contribution >= 0.6 is 23.5 Å². The van der Waals surface area contributed by atoms with Gasteiger partial charge in [0.25, 0.3) is 5.69 Å². The van der Waals surface area contributed by atoms with E-state index in [1.54, 1.807) is 6.07 Å². The summed E-state index contributed by atoms with van der Waals surface area (Å²) < 4.78 is 22.0. The summed E-state index contributed by atoms with van der Waals surface area (Å²) in [7, 11) is -0.815. The van der Waals surface area contributed by atoms with E-state index in [0.717, 1.165) is 0 Å². The minimum absolute atomic E-state index is 0.117. The van der Waals surface area contributed by atoms with E-state index in [2.05, 4.69) is 15.9 Å². The molecular weight excluding hydrogens is 313 g/mol. The van der Waals surface area contributed by atoms with Gasteiger partial charge in [-0.25, -0.2) is 0 Å². The summed E-state index contributed by atoms with van der Waals surface area (Å²) in [5, 5.41) is 10.8. The Balaban J connectivity index is 3.14. The van der Waals surface area contributed by atoms with Gasteiger partial charge in [-0.15, -0.1) is 0 Å². The van der Waals surface area contributed by atoms with Crippen molar-refractivity contribution in [2.75, 3.05) is 14.2 Å². The van der Waals surface area contributed by atoms with Gasteiger partial charge >= 0.3 is 7.60 Å². The number of benzene rings is 1. The molecule has 0 saturated heterocycles. The van der Waals surface area contributed by atoms with Gasteiger partial charge in [0.15, 0.2) is 0 Å². The molecule has 1 aromatic carbocycles. The smallest absolute Gasteiger partial charge is 0.312 e. The van der Waals surface area contributed by atoms with E-state index < -0.39 is 12.5 Å². The molecular formula is C9H11BrNO5P. The van der Waals surface area contributed by atoms with E-state index in [9.17, 15) is 14.7 Å². The topological polar surface area (TPSA) is 78.7 Å². The molecule has 1 rings (SSSR count). The largest absolute Gasteiger partial charge is 0.334 e. The van der Waals surface area contributed by atoms with Gasteiger partial charge in [-0.3, -0.25) is 14.7 Å². The normalized spacial score (nSPS) is 11.5. The van der Waals surface area contributed by atoms with E-state index >= 15 is 0 Å². The van der Waals surface area contributed by atoms with Gasteiger partial charge in [-0.05, 0) is 6.07 Å². The van der Waals surface area contributed by atoms with Crippen molar-refractivity contribution in [1.29, 1.82) is 0 Å². The first-order valence-electron chi connectivity index (χ1n) is 4.55. The second kappa shape index (κ2) is 5.73. The van der Waals surface area contributed by atoms with Gasteiger partial charge in [-0.2, -0.15) is 0 Å². The maximum Gasteiger partial charge on any atom is 0.334 e. The summed E-state index contributed by atoms with van der Waals surface area (Å²) in [6, 6.07) is 4.51. The summed E-state index contributed by atoms with van der Waals surface area (Å²) in [5.74, 6) is 0. The number of nitro groups is 1. The van der Waals surface area contributed by atoms with E-state index in [1.807, 2.05) is 0 Å². The first-order valence-corrected chi connectivity index (χ1v) is 7.07. The molecule has 0 radical (unpaired) electrons. The highest BCUT2D eigenvalue weighted by Crippen LogP contribution is 2.51. The molecule has 0 atom stereocenters. The molecule has 1 aromatic rings. The molecule has 94 valence electrons. The van der Waals surface area contributed by atoms with Crippen LogP contribution < -0.4 is 0 Å². The first kappa shape index (κ1) is 14.3. The molecule has 17 heavy (non-hydrogen) atoms. The lowest BCUT2D eigenvalue weighted by Crippen LogP contribution is -1.98. The Morgan fingerprint density at radius 2 is 2.00 bits per heavy atom. The zero-order valence-corrected chi connectivity index (χ0v) is 11.7. The van der Waals surface area contributed by atoms with Crippen LogP contribution in [0.15, 0.2) is 22.7 Å². The summed E-state index contributed by atoms with van der Waals surface area (Å²) in [6.07, 6.45) is -0.135. The second-order valence-electron chi connectivity index (χ2n) is 3.16. The average molecular weight is 324 g/mol. The van der Waals surface area contributed by atoms with Gasteiger partial charge < -0.3 is 9.05 Å². The molecule has 0 saturated carbocycles. The van der Waals surface area contributed by atoms with E-state index in [4.69, 9.17) is 9.05 Å². The summed E-state index contributed by atoms with van der Waals surface area (Å²) >= 11 is 3.14. The third kappa shape index (κ3) is 3.61. The van der Waals surface area contributed by atoms with Crippen LogP contribution in [0.5, 0.6) is 0 Å². The van der Waals surface area contributed by atoms with Gasteiger partial charge in [-0.1, -0.05) is 22.0 Å². The van der Waals surface area contributed by atoms with Crippen molar-refractivity contribution < 1.29 is 18.5 Å². The summed E-state index contributed by atoms with van der Waals surface area (Å²) in [6.45, 7) is 0. The van der Waals surface area contributed by atoms with Crippen LogP contribution in [-0.4, -0.2) is 19.1 Å². The Morgan fingerprint density at radius 1 is 1.41 bits per heavy atom. The Kier molecular flexibility index (Phi) is 4.82. The maximum absolute atomic E-state index is 11.9. The number of hydrogen-bond acceptors (Lipinski definition) is 5. The molecule has 0 heterocycles. The van der Waals surface area contributed by atoms with Crippen molar-refractivity contribution >= 4 is 29.2 Å². The predicted octanol–water partition coefficient (Wildman–Crippen LogP) is 3.34. The standard InChI is InChI=1S/C9H11BrNO5P/c1-15-17(14,16-2)6-7-3-4-8(10)5-9(7)11(12)13/h3-5H,6H2,1-2H3. The molecule has 0 N–H and O–H groups in total. The number of rotatable bonds is 5. The molecule has 0 bridgehead atoms.